The Bertz CT molecular complexity index is 513. The highest BCUT2D eigenvalue weighted by Gasteiger charge is 2.12. The van der Waals surface area contributed by atoms with Gasteiger partial charge in [-0.3, -0.25) is 4.98 Å². The molecule has 5 heteroatoms. The third-order valence-corrected chi connectivity index (χ3v) is 4.06. The van der Waals surface area contributed by atoms with Crippen molar-refractivity contribution in [3.05, 3.63) is 35.0 Å². The summed E-state index contributed by atoms with van der Waals surface area (Å²) >= 11 is 1.69. The number of aromatic nitrogens is 2. The quantitative estimate of drug-likeness (QED) is 0.758. The van der Waals surface area contributed by atoms with Crippen LogP contribution in [0, 0.1) is 0 Å². The smallest absolute Gasteiger partial charge is 0.142 e. The van der Waals surface area contributed by atoms with Crippen molar-refractivity contribution in [1.29, 1.82) is 0 Å². The largest absolute Gasteiger partial charge is 0.378 e. The standard InChI is InChI=1S/C15H21N3OS/c1-3-4-8-16-10-14-13(11-19-2)18-15(20-14)12-7-5-6-9-17-12/h5-7,9,16H,3-4,8,10-11H2,1-2H3. The van der Waals surface area contributed by atoms with Crippen LogP contribution in [0.1, 0.15) is 30.3 Å². The Balaban J connectivity index is 2.11. The van der Waals surface area contributed by atoms with Crippen molar-refractivity contribution in [2.45, 2.75) is 32.9 Å². The van der Waals surface area contributed by atoms with Crippen LogP contribution in [-0.2, 0) is 17.9 Å². The number of pyridine rings is 1. The molecule has 108 valence electrons. The van der Waals surface area contributed by atoms with Crippen LogP contribution in [0.25, 0.3) is 10.7 Å². The van der Waals surface area contributed by atoms with E-state index in [0.717, 1.165) is 29.5 Å². The van der Waals surface area contributed by atoms with Crippen LogP contribution in [0.2, 0.25) is 0 Å². The summed E-state index contributed by atoms with van der Waals surface area (Å²) in [6.45, 7) is 4.64. The lowest BCUT2D eigenvalue weighted by molar-refractivity contribution is 0.181. The fraction of sp³-hybridized carbons (Fsp3) is 0.467. The monoisotopic (exact) mass is 291 g/mol. The maximum absolute atomic E-state index is 5.24. The molecule has 0 unspecified atom stereocenters. The van der Waals surface area contributed by atoms with Gasteiger partial charge in [-0.05, 0) is 25.1 Å². The maximum Gasteiger partial charge on any atom is 0.142 e. The number of thiazole rings is 1. The van der Waals surface area contributed by atoms with Gasteiger partial charge in [-0.2, -0.15) is 0 Å². The molecule has 0 spiro atoms. The summed E-state index contributed by atoms with van der Waals surface area (Å²) in [5.74, 6) is 0. The zero-order valence-corrected chi connectivity index (χ0v) is 12.9. The topological polar surface area (TPSA) is 47.0 Å². The minimum atomic E-state index is 0.550. The summed E-state index contributed by atoms with van der Waals surface area (Å²) in [6.07, 6.45) is 4.21. The predicted molar refractivity (Wildman–Crippen MR) is 82.7 cm³/mol. The molecule has 0 saturated heterocycles. The van der Waals surface area contributed by atoms with Gasteiger partial charge in [0.2, 0.25) is 0 Å². The van der Waals surface area contributed by atoms with E-state index in [-0.39, 0.29) is 0 Å². The Morgan fingerprint density at radius 2 is 2.25 bits per heavy atom. The molecule has 0 atom stereocenters. The van der Waals surface area contributed by atoms with Crippen molar-refractivity contribution in [2.75, 3.05) is 13.7 Å². The van der Waals surface area contributed by atoms with Gasteiger partial charge in [0.1, 0.15) is 5.01 Å². The number of hydrogen-bond donors (Lipinski definition) is 1. The van der Waals surface area contributed by atoms with Crippen LogP contribution in [0.3, 0.4) is 0 Å². The molecule has 2 aromatic heterocycles. The molecule has 1 N–H and O–H groups in total. The molecule has 0 aliphatic carbocycles. The number of ether oxygens (including phenoxy) is 1. The van der Waals surface area contributed by atoms with Gasteiger partial charge >= 0.3 is 0 Å². The second-order valence-corrected chi connectivity index (χ2v) is 5.65. The summed E-state index contributed by atoms with van der Waals surface area (Å²) < 4.78 is 5.24. The first-order chi connectivity index (χ1) is 9.85. The van der Waals surface area contributed by atoms with Gasteiger partial charge < -0.3 is 10.1 Å². The van der Waals surface area contributed by atoms with E-state index in [0.29, 0.717) is 6.61 Å². The van der Waals surface area contributed by atoms with E-state index in [1.807, 2.05) is 18.2 Å². The van der Waals surface area contributed by atoms with E-state index in [9.17, 15) is 0 Å². The molecular formula is C15H21N3OS. The normalized spacial score (nSPS) is 10.9. The van der Waals surface area contributed by atoms with E-state index in [1.54, 1.807) is 24.6 Å². The molecule has 0 aromatic carbocycles. The van der Waals surface area contributed by atoms with Gasteiger partial charge in [-0.15, -0.1) is 11.3 Å². The van der Waals surface area contributed by atoms with Crippen molar-refractivity contribution in [3.63, 3.8) is 0 Å². The SMILES string of the molecule is CCCCNCc1sc(-c2ccccn2)nc1COC. The van der Waals surface area contributed by atoms with Gasteiger partial charge in [0.05, 0.1) is 18.0 Å². The van der Waals surface area contributed by atoms with Crippen molar-refractivity contribution >= 4 is 11.3 Å². The van der Waals surface area contributed by atoms with Crippen LogP contribution in [-0.4, -0.2) is 23.6 Å². The molecular weight excluding hydrogens is 270 g/mol. The molecule has 2 heterocycles. The number of rotatable bonds is 8. The highest BCUT2D eigenvalue weighted by Crippen LogP contribution is 2.27. The van der Waals surface area contributed by atoms with E-state index in [2.05, 4.69) is 22.2 Å². The van der Waals surface area contributed by atoms with E-state index >= 15 is 0 Å². The summed E-state index contributed by atoms with van der Waals surface area (Å²) in [5, 5.41) is 4.42. The summed E-state index contributed by atoms with van der Waals surface area (Å²) in [5.41, 5.74) is 1.94. The van der Waals surface area contributed by atoms with Crippen LogP contribution >= 0.6 is 11.3 Å². The van der Waals surface area contributed by atoms with E-state index in [4.69, 9.17) is 4.74 Å². The molecule has 0 amide bonds. The first-order valence-corrected chi connectivity index (χ1v) is 7.76. The van der Waals surface area contributed by atoms with Gasteiger partial charge in [-0.1, -0.05) is 19.4 Å². The molecule has 0 saturated carbocycles. The molecule has 20 heavy (non-hydrogen) atoms. The van der Waals surface area contributed by atoms with Crippen molar-refractivity contribution < 1.29 is 4.74 Å². The zero-order chi connectivity index (χ0) is 14.2. The summed E-state index contributed by atoms with van der Waals surface area (Å²) in [6, 6.07) is 5.89. The lowest BCUT2D eigenvalue weighted by atomic mass is 10.3. The average Bonchev–Trinajstić information content (AvgIpc) is 2.88. The second-order valence-electron chi connectivity index (χ2n) is 4.57. The van der Waals surface area contributed by atoms with Crippen LogP contribution in [0.15, 0.2) is 24.4 Å². The van der Waals surface area contributed by atoms with Crippen molar-refractivity contribution in [3.8, 4) is 10.7 Å². The lowest BCUT2D eigenvalue weighted by Gasteiger charge is -2.03. The van der Waals surface area contributed by atoms with Gasteiger partial charge in [0.25, 0.3) is 0 Å². The Morgan fingerprint density at radius 1 is 1.35 bits per heavy atom. The number of hydrogen-bond acceptors (Lipinski definition) is 5. The first-order valence-electron chi connectivity index (χ1n) is 6.94. The summed E-state index contributed by atoms with van der Waals surface area (Å²) in [4.78, 5) is 10.3. The lowest BCUT2D eigenvalue weighted by Crippen LogP contribution is -2.14. The molecule has 2 rings (SSSR count). The Hall–Kier alpha value is -1.30. The Morgan fingerprint density at radius 3 is 2.95 bits per heavy atom. The van der Waals surface area contributed by atoms with E-state index in [1.165, 1.54) is 17.7 Å². The molecule has 0 bridgehead atoms. The highest BCUT2D eigenvalue weighted by atomic mass is 32.1. The van der Waals surface area contributed by atoms with Gasteiger partial charge in [0, 0.05) is 24.7 Å². The van der Waals surface area contributed by atoms with Crippen molar-refractivity contribution in [2.24, 2.45) is 0 Å². The van der Waals surface area contributed by atoms with E-state index < -0.39 is 0 Å². The number of nitrogens with one attached hydrogen (secondary N) is 1. The fourth-order valence-corrected chi connectivity index (χ4v) is 2.88. The maximum atomic E-state index is 5.24. The third kappa shape index (κ3) is 4.10. The second kappa shape index (κ2) is 8.09. The van der Waals surface area contributed by atoms with Gasteiger partial charge in [0.15, 0.2) is 0 Å². The highest BCUT2D eigenvalue weighted by molar-refractivity contribution is 7.15. The average molecular weight is 291 g/mol. The predicted octanol–water partition coefficient (Wildman–Crippen LogP) is 3.24. The fourth-order valence-electron chi connectivity index (χ4n) is 1.87. The first kappa shape index (κ1) is 15.1. The zero-order valence-electron chi connectivity index (χ0n) is 12.1. The minimum Gasteiger partial charge on any atom is -0.378 e. The number of methoxy groups -OCH3 is 1. The van der Waals surface area contributed by atoms with Crippen LogP contribution in [0.4, 0.5) is 0 Å². The Labute approximate surface area is 124 Å². The molecule has 0 aliphatic rings. The number of nitrogens with zero attached hydrogens (tertiary/aromatic N) is 2. The summed E-state index contributed by atoms with van der Waals surface area (Å²) in [7, 11) is 1.70. The Kier molecular flexibility index (Phi) is 6.11. The van der Waals surface area contributed by atoms with Crippen LogP contribution in [0.5, 0.6) is 0 Å². The molecule has 0 fully saturated rings. The molecule has 0 aliphatic heterocycles. The van der Waals surface area contributed by atoms with Gasteiger partial charge in [-0.25, -0.2) is 4.98 Å². The number of unbranched alkanes of at least 4 members (excludes halogenated alkanes) is 1. The van der Waals surface area contributed by atoms with Crippen molar-refractivity contribution in [1.82, 2.24) is 15.3 Å². The molecule has 2 aromatic rings. The minimum absolute atomic E-state index is 0.550. The van der Waals surface area contributed by atoms with Crippen LogP contribution < -0.4 is 5.32 Å². The molecule has 0 radical (unpaired) electrons. The third-order valence-electron chi connectivity index (χ3n) is 2.94. The molecule has 4 nitrogen and oxygen atoms in total.